The molecule has 0 spiro atoms. The summed E-state index contributed by atoms with van der Waals surface area (Å²) < 4.78 is 0. The third kappa shape index (κ3) is 3.32. The molecule has 2 rings (SSSR count). The summed E-state index contributed by atoms with van der Waals surface area (Å²) >= 11 is 13.1. The Bertz CT molecular complexity index is 650. The largest absolute Gasteiger partial charge is 0.398 e. The number of nitro benzene ring substituents is 1. The van der Waals surface area contributed by atoms with Gasteiger partial charge in [-0.3, -0.25) is 10.1 Å². The molecule has 7 heteroatoms. The van der Waals surface area contributed by atoms with Crippen molar-refractivity contribution in [1.82, 2.24) is 0 Å². The van der Waals surface area contributed by atoms with Crippen LogP contribution < -0.4 is 5.73 Å². The maximum atomic E-state index is 10.6. The molecule has 0 unspecified atom stereocenters. The topological polar surface area (TPSA) is 69.2 Å². The maximum absolute atomic E-state index is 10.6. The number of nitrogens with zero attached hydrogens (tertiary/aromatic N) is 1. The van der Waals surface area contributed by atoms with Crippen molar-refractivity contribution in [2.24, 2.45) is 0 Å². The predicted molar refractivity (Wildman–Crippen MR) is 78.1 cm³/mol. The molecule has 2 aromatic carbocycles. The van der Waals surface area contributed by atoms with E-state index in [1.165, 1.54) is 23.9 Å². The lowest BCUT2D eigenvalue weighted by Crippen LogP contribution is -1.93. The smallest absolute Gasteiger partial charge is 0.271 e. The van der Waals surface area contributed by atoms with Crippen LogP contribution in [0.4, 0.5) is 11.4 Å². The van der Waals surface area contributed by atoms with Crippen LogP contribution in [-0.4, -0.2) is 4.92 Å². The van der Waals surface area contributed by atoms with Crippen LogP contribution in [0, 0.1) is 10.1 Å². The molecule has 0 bridgehead atoms. The summed E-state index contributed by atoms with van der Waals surface area (Å²) in [5, 5.41) is 11.5. The fourth-order valence-electron chi connectivity index (χ4n) is 1.41. The summed E-state index contributed by atoms with van der Waals surface area (Å²) in [5.41, 5.74) is 6.11. The Morgan fingerprint density at radius 3 is 2.42 bits per heavy atom. The zero-order valence-corrected chi connectivity index (χ0v) is 11.8. The van der Waals surface area contributed by atoms with E-state index in [1.54, 1.807) is 24.3 Å². The van der Waals surface area contributed by atoms with Crippen molar-refractivity contribution >= 4 is 46.3 Å². The molecule has 98 valence electrons. The lowest BCUT2D eigenvalue weighted by molar-refractivity contribution is -0.384. The Kier molecular flexibility index (Phi) is 4.19. The molecule has 0 saturated heterocycles. The normalized spacial score (nSPS) is 10.4. The van der Waals surface area contributed by atoms with E-state index in [0.717, 1.165) is 9.79 Å². The third-order valence-electron chi connectivity index (χ3n) is 2.32. The monoisotopic (exact) mass is 314 g/mol. The first-order valence-corrected chi connectivity index (χ1v) is 6.71. The van der Waals surface area contributed by atoms with E-state index in [4.69, 9.17) is 28.9 Å². The van der Waals surface area contributed by atoms with E-state index in [2.05, 4.69) is 0 Å². The molecule has 0 atom stereocenters. The highest BCUT2D eigenvalue weighted by Crippen LogP contribution is 2.36. The molecule has 0 aromatic heterocycles. The molecule has 19 heavy (non-hydrogen) atoms. The van der Waals surface area contributed by atoms with Crippen molar-refractivity contribution in [2.75, 3.05) is 5.73 Å². The number of nitrogen functional groups attached to an aromatic ring is 1. The molecule has 2 N–H and O–H groups in total. The molecule has 0 aliphatic heterocycles. The SMILES string of the molecule is Nc1cc([N+](=O)[O-])ccc1Sc1ccc(Cl)c(Cl)c1. The average Bonchev–Trinajstić information content (AvgIpc) is 2.36. The van der Waals surface area contributed by atoms with E-state index in [9.17, 15) is 10.1 Å². The van der Waals surface area contributed by atoms with Crippen LogP contribution in [-0.2, 0) is 0 Å². The van der Waals surface area contributed by atoms with E-state index < -0.39 is 4.92 Å². The molecular weight excluding hydrogens is 307 g/mol. The minimum Gasteiger partial charge on any atom is -0.398 e. The summed E-state index contributed by atoms with van der Waals surface area (Å²) in [5.74, 6) is 0. The van der Waals surface area contributed by atoms with Crippen molar-refractivity contribution < 1.29 is 4.92 Å². The van der Waals surface area contributed by atoms with Gasteiger partial charge in [-0.05, 0) is 24.3 Å². The molecule has 0 aliphatic carbocycles. The number of hydrogen-bond donors (Lipinski definition) is 1. The number of benzene rings is 2. The molecule has 0 fully saturated rings. The van der Waals surface area contributed by atoms with Crippen LogP contribution in [0.3, 0.4) is 0 Å². The predicted octanol–water partition coefficient (Wildman–Crippen LogP) is 4.64. The molecule has 4 nitrogen and oxygen atoms in total. The van der Waals surface area contributed by atoms with Gasteiger partial charge in [0.25, 0.3) is 5.69 Å². The van der Waals surface area contributed by atoms with Crippen molar-refractivity contribution in [1.29, 1.82) is 0 Å². The number of hydrogen-bond acceptors (Lipinski definition) is 4. The van der Waals surface area contributed by atoms with E-state index in [0.29, 0.717) is 15.7 Å². The Morgan fingerprint density at radius 2 is 1.84 bits per heavy atom. The second kappa shape index (κ2) is 5.69. The summed E-state index contributed by atoms with van der Waals surface area (Å²) in [7, 11) is 0. The standard InChI is InChI=1S/C12H8Cl2N2O2S/c13-9-3-2-8(6-10(9)14)19-12-4-1-7(16(17)18)5-11(12)15/h1-6H,15H2. The van der Waals surface area contributed by atoms with Crippen molar-refractivity contribution in [3.05, 3.63) is 56.6 Å². The van der Waals surface area contributed by atoms with Crippen LogP contribution in [0.1, 0.15) is 0 Å². The van der Waals surface area contributed by atoms with E-state index in [-0.39, 0.29) is 5.69 Å². The minimum absolute atomic E-state index is 0.0315. The van der Waals surface area contributed by atoms with E-state index >= 15 is 0 Å². The van der Waals surface area contributed by atoms with Gasteiger partial charge in [-0.1, -0.05) is 35.0 Å². The minimum atomic E-state index is -0.482. The maximum Gasteiger partial charge on any atom is 0.271 e. The summed E-state index contributed by atoms with van der Waals surface area (Å²) in [6.45, 7) is 0. The van der Waals surface area contributed by atoms with Crippen LogP contribution in [0.5, 0.6) is 0 Å². The summed E-state index contributed by atoms with van der Waals surface area (Å²) in [6, 6.07) is 9.57. The van der Waals surface area contributed by atoms with Gasteiger partial charge in [0.2, 0.25) is 0 Å². The lowest BCUT2D eigenvalue weighted by atomic mass is 10.3. The summed E-state index contributed by atoms with van der Waals surface area (Å²) in [4.78, 5) is 11.7. The number of anilines is 1. The molecular formula is C12H8Cl2N2O2S. The highest BCUT2D eigenvalue weighted by molar-refractivity contribution is 7.99. The van der Waals surface area contributed by atoms with Crippen molar-refractivity contribution in [2.45, 2.75) is 9.79 Å². The number of nitrogens with two attached hydrogens (primary N) is 1. The first-order valence-electron chi connectivity index (χ1n) is 5.14. The number of halogens is 2. The molecule has 0 amide bonds. The molecule has 0 heterocycles. The van der Waals surface area contributed by atoms with Crippen molar-refractivity contribution in [3.63, 3.8) is 0 Å². The highest BCUT2D eigenvalue weighted by atomic mass is 35.5. The third-order valence-corrected chi connectivity index (χ3v) is 4.14. The first kappa shape index (κ1) is 14.0. The molecule has 0 aliphatic rings. The Balaban J connectivity index is 2.28. The Hall–Kier alpha value is -1.43. The van der Waals surface area contributed by atoms with Crippen LogP contribution in [0.15, 0.2) is 46.2 Å². The number of nitro groups is 1. The Morgan fingerprint density at radius 1 is 1.11 bits per heavy atom. The lowest BCUT2D eigenvalue weighted by Gasteiger charge is -2.06. The number of non-ortho nitro benzene ring substituents is 1. The van der Waals surface area contributed by atoms with Gasteiger partial charge in [-0.15, -0.1) is 0 Å². The van der Waals surface area contributed by atoms with Crippen LogP contribution in [0.2, 0.25) is 10.0 Å². The van der Waals surface area contributed by atoms with Gasteiger partial charge in [-0.25, -0.2) is 0 Å². The quantitative estimate of drug-likeness (QED) is 0.509. The van der Waals surface area contributed by atoms with Gasteiger partial charge in [0.1, 0.15) is 0 Å². The first-order chi connectivity index (χ1) is 8.97. The molecule has 0 radical (unpaired) electrons. The second-order valence-electron chi connectivity index (χ2n) is 3.66. The Labute approximate surface area is 123 Å². The van der Waals surface area contributed by atoms with Gasteiger partial charge in [-0.2, -0.15) is 0 Å². The van der Waals surface area contributed by atoms with Gasteiger partial charge in [0, 0.05) is 21.9 Å². The average molecular weight is 315 g/mol. The molecule has 0 saturated carbocycles. The molecule has 2 aromatic rings. The zero-order valence-electron chi connectivity index (χ0n) is 9.47. The summed E-state index contributed by atoms with van der Waals surface area (Å²) in [6.07, 6.45) is 0. The van der Waals surface area contributed by atoms with Crippen molar-refractivity contribution in [3.8, 4) is 0 Å². The van der Waals surface area contributed by atoms with Crippen LogP contribution >= 0.6 is 35.0 Å². The van der Waals surface area contributed by atoms with E-state index in [1.807, 2.05) is 0 Å². The second-order valence-corrected chi connectivity index (χ2v) is 5.59. The van der Waals surface area contributed by atoms with Gasteiger partial charge >= 0.3 is 0 Å². The number of rotatable bonds is 3. The zero-order chi connectivity index (χ0) is 14.0. The van der Waals surface area contributed by atoms with Gasteiger partial charge in [0.05, 0.1) is 20.7 Å². The fraction of sp³-hybridized carbons (Fsp3) is 0. The van der Waals surface area contributed by atoms with Crippen LogP contribution in [0.25, 0.3) is 0 Å². The van der Waals surface area contributed by atoms with Gasteiger partial charge in [0.15, 0.2) is 0 Å². The highest BCUT2D eigenvalue weighted by Gasteiger charge is 2.10. The fourth-order valence-corrected chi connectivity index (χ4v) is 2.65. The van der Waals surface area contributed by atoms with Gasteiger partial charge < -0.3 is 5.73 Å².